The molecule has 0 aromatic carbocycles. The van der Waals surface area contributed by atoms with E-state index in [1.54, 1.807) is 18.1 Å². The van der Waals surface area contributed by atoms with E-state index in [2.05, 4.69) is 5.43 Å². The summed E-state index contributed by atoms with van der Waals surface area (Å²) in [5.74, 6) is -0.0527. The van der Waals surface area contributed by atoms with Gasteiger partial charge in [0.2, 0.25) is 5.78 Å². The highest BCUT2D eigenvalue weighted by atomic mass is 35.5. The van der Waals surface area contributed by atoms with Crippen LogP contribution in [0, 0.1) is 0 Å². The van der Waals surface area contributed by atoms with Crippen molar-refractivity contribution in [3.8, 4) is 0 Å². The molecule has 4 heteroatoms. The van der Waals surface area contributed by atoms with Crippen LogP contribution < -0.4 is 5.43 Å². The summed E-state index contributed by atoms with van der Waals surface area (Å²) in [7, 11) is 1.76. The summed E-state index contributed by atoms with van der Waals surface area (Å²) < 4.78 is 0. The highest BCUT2D eigenvalue weighted by molar-refractivity contribution is 6.32. The van der Waals surface area contributed by atoms with Crippen LogP contribution in [0.5, 0.6) is 0 Å². The Balaban J connectivity index is 2.94. The van der Waals surface area contributed by atoms with E-state index in [9.17, 15) is 4.79 Å². The molecular formula is C8H11ClN2O. The average Bonchev–Trinajstić information content (AvgIpc) is 2.03. The molecule has 0 saturated carbocycles. The first-order valence-electron chi connectivity index (χ1n) is 3.70. The highest BCUT2D eigenvalue weighted by Gasteiger charge is 2.20. The normalized spacial score (nSPS) is 21.6. The van der Waals surface area contributed by atoms with Crippen LogP contribution in [-0.2, 0) is 4.79 Å². The van der Waals surface area contributed by atoms with Gasteiger partial charge in [-0.3, -0.25) is 9.80 Å². The smallest absolute Gasteiger partial charge is 0.204 e. The second-order valence-corrected chi connectivity index (χ2v) is 2.92. The van der Waals surface area contributed by atoms with E-state index < -0.39 is 0 Å². The van der Waals surface area contributed by atoms with Gasteiger partial charge in [0.05, 0.1) is 12.2 Å². The number of hydrazine groups is 1. The summed E-state index contributed by atoms with van der Waals surface area (Å²) in [6.45, 7) is 2.37. The molecule has 3 nitrogen and oxygen atoms in total. The average molecular weight is 187 g/mol. The molecule has 0 saturated heterocycles. The quantitative estimate of drug-likeness (QED) is 0.621. The maximum absolute atomic E-state index is 11.3. The topological polar surface area (TPSA) is 32.3 Å². The third kappa shape index (κ3) is 1.68. The van der Waals surface area contributed by atoms with Crippen molar-refractivity contribution in [1.82, 2.24) is 10.4 Å². The fourth-order valence-electron chi connectivity index (χ4n) is 1.13. The standard InChI is InChI=1S/C8H11ClN2O/c1-3-7-8(12)4-6(9)5-11(7)10-2/h3-4,10H,5H2,1-2H3/b7-3-. The van der Waals surface area contributed by atoms with Gasteiger partial charge in [-0.15, -0.1) is 0 Å². The number of nitrogens with one attached hydrogen (secondary N) is 1. The van der Waals surface area contributed by atoms with Crippen molar-refractivity contribution in [2.75, 3.05) is 13.6 Å². The summed E-state index contributed by atoms with van der Waals surface area (Å²) in [5, 5.41) is 2.27. The van der Waals surface area contributed by atoms with Gasteiger partial charge in [0.1, 0.15) is 0 Å². The number of nitrogens with zero attached hydrogens (tertiary/aromatic N) is 1. The highest BCUT2D eigenvalue weighted by Crippen LogP contribution is 2.16. The number of carbonyl (C=O) groups is 1. The molecule has 0 bridgehead atoms. The maximum Gasteiger partial charge on any atom is 0.204 e. The summed E-state index contributed by atoms with van der Waals surface area (Å²) in [6.07, 6.45) is 3.21. The Kier molecular flexibility index (Phi) is 2.89. The Morgan fingerprint density at radius 3 is 2.92 bits per heavy atom. The third-order valence-electron chi connectivity index (χ3n) is 1.68. The maximum atomic E-state index is 11.3. The lowest BCUT2D eigenvalue weighted by molar-refractivity contribution is -0.113. The molecule has 1 aliphatic rings. The molecule has 1 rings (SSSR count). The Hall–Kier alpha value is -0.800. The monoisotopic (exact) mass is 186 g/mol. The minimum absolute atomic E-state index is 0.0527. The molecule has 0 unspecified atom stereocenters. The van der Waals surface area contributed by atoms with Crippen LogP contribution in [0.15, 0.2) is 22.9 Å². The van der Waals surface area contributed by atoms with Crippen molar-refractivity contribution in [2.24, 2.45) is 0 Å². The summed E-state index contributed by atoms with van der Waals surface area (Å²) in [4.78, 5) is 11.3. The molecule has 1 N–H and O–H groups in total. The summed E-state index contributed by atoms with van der Waals surface area (Å²) in [5.41, 5.74) is 3.53. The number of ketones is 1. The van der Waals surface area contributed by atoms with Crippen molar-refractivity contribution in [3.05, 3.63) is 22.9 Å². The van der Waals surface area contributed by atoms with E-state index in [1.807, 2.05) is 6.92 Å². The first-order chi connectivity index (χ1) is 5.69. The van der Waals surface area contributed by atoms with Crippen LogP contribution in [0.2, 0.25) is 0 Å². The van der Waals surface area contributed by atoms with Gasteiger partial charge in [-0.25, -0.2) is 5.43 Å². The zero-order valence-electron chi connectivity index (χ0n) is 7.10. The van der Waals surface area contributed by atoms with Crippen LogP contribution in [0.3, 0.4) is 0 Å². The molecule has 0 amide bonds. The van der Waals surface area contributed by atoms with Crippen molar-refractivity contribution in [3.63, 3.8) is 0 Å². The van der Waals surface area contributed by atoms with Gasteiger partial charge < -0.3 is 0 Å². The first-order valence-corrected chi connectivity index (χ1v) is 4.08. The van der Waals surface area contributed by atoms with Gasteiger partial charge in [-0.1, -0.05) is 17.7 Å². The second kappa shape index (κ2) is 3.74. The minimum atomic E-state index is -0.0527. The SMILES string of the molecule is C/C=C1/C(=O)C=C(Cl)CN1NC. The first kappa shape index (κ1) is 9.29. The molecule has 0 aliphatic carbocycles. The zero-order chi connectivity index (χ0) is 9.14. The lowest BCUT2D eigenvalue weighted by Gasteiger charge is -2.27. The van der Waals surface area contributed by atoms with Gasteiger partial charge in [-0.05, 0) is 6.92 Å². The molecule has 0 radical (unpaired) electrons. The predicted octanol–water partition coefficient (Wildman–Crippen LogP) is 1.03. The predicted molar refractivity (Wildman–Crippen MR) is 48.5 cm³/mol. The van der Waals surface area contributed by atoms with Gasteiger partial charge in [-0.2, -0.15) is 0 Å². The van der Waals surface area contributed by atoms with Crippen molar-refractivity contribution >= 4 is 17.4 Å². The lowest BCUT2D eigenvalue weighted by atomic mass is 10.2. The van der Waals surface area contributed by atoms with E-state index in [0.717, 1.165) is 0 Å². The van der Waals surface area contributed by atoms with Crippen LogP contribution in [0.4, 0.5) is 0 Å². The van der Waals surface area contributed by atoms with E-state index in [4.69, 9.17) is 11.6 Å². The molecule has 0 aromatic heterocycles. The number of allylic oxidation sites excluding steroid dienone is 2. The molecule has 0 fully saturated rings. The van der Waals surface area contributed by atoms with Crippen LogP contribution >= 0.6 is 11.6 Å². The molecule has 0 spiro atoms. The molecular weight excluding hydrogens is 176 g/mol. The fraction of sp³-hybridized carbons (Fsp3) is 0.375. The number of halogens is 1. The van der Waals surface area contributed by atoms with Gasteiger partial charge in [0.25, 0.3) is 0 Å². The van der Waals surface area contributed by atoms with Crippen molar-refractivity contribution in [2.45, 2.75) is 6.92 Å². The van der Waals surface area contributed by atoms with Crippen LogP contribution in [-0.4, -0.2) is 24.4 Å². The Morgan fingerprint density at radius 2 is 2.42 bits per heavy atom. The third-order valence-corrected chi connectivity index (χ3v) is 1.91. The number of rotatable bonds is 1. The Bertz CT molecular complexity index is 258. The molecule has 1 heterocycles. The number of carbonyl (C=O) groups excluding carboxylic acids is 1. The second-order valence-electron chi connectivity index (χ2n) is 2.44. The van der Waals surface area contributed by atoms with Crippen LogP contribution in [0.1, 0.15) is 6.92 Å². The van der Waals surface area contributed by atoms with Gasteiger partial charge in [0, 0.05) is 18.2 Å². The molecule has 12 heavy (non-hydrogen) atoms. The summed E-state index contributed by atoms with van der Waals surface area (Å²) in [6, 6.07) is 0. The van der Waals surface area contributed by atoms with E-state index in [0.29, 0.717) is 17.3 Å². The Labute approximate surface area is 76.7 Å². The molecule has 1 aliphatic heterocycles. The van der Waals surface area contributed by atoms with Crippen molar-refractivity contribution < 1.29 is 4.79 Å². The summed E-state index contributed by atoms with van der Waals surface area (Å²) >= 11 is 5.74. The molecule has 0 aromatic rings. The number of hydrogen-bond donors (Lipinski definition) is 1. The lowest BCUT2D eigenvalue weighted by Crippen LogP contribution is -2.40. The Morgan fingerprint density at radius 1 is 1.75 bits per heavy atom. The number of hydrogen-bond acceptors (Lipinski definition) is 3. The molecule has 0 atom stereocenters. The zero-order valence-corrected chi connectivity index (χ0v) is 7.85. The van der Waals surface area contributed by atoms with E-state index in [-0.39, 0.29) is 5.78 Å². The fourth-order valence-corrected chi connectivity index (χ4v) is 1.35. The van der Waals surface area contributed by atoms with E-state index in [1.165, 1.54) is 6.08 Å². The van der Waals surface area contributed by atoms with Gasteiger partial charge >= 0.3 is 0 Å². The van der Waals surface area contributed by atoms with Crippen molar-refractivity contribution in [1.29, 1.82) is 0 Å². The largest absolute Gasteiger partial charge is 0.300 e. The van der Waals surface area contributed by atoms with E-state index >= 15 is 0 Å². The van der Waals surface area contributed by atoms with Gasteiger partial charge in [0.15, 0.2) is 0 Å². The minimum Gasteiger partial charge on any atom is -0.300 e. The van der Waals surface area contributed by atoms with Crippen LogP contribution in [0.25, 0.3) is 0 Å². The molecule has 66 valence electrons.